The molecule has 1 saturated carbocycles. The second kappa shape index (κ2) is 10.0. The van der Waals surface area contributed by atoms with Crippen LogP contribution in [0.4, 0.5) is 8.78 Å². The van der Waals surface area contributed by atoms with Crippen molar-refractivity contribution in [3.05, 3.63) is 106 Å². The van der Waals surface area contributed by atoms with Gasteiger partial charge in [-0.3, -0.25) is 9.59 Å². The Balaban J connectivity index is 1.45. The molecule has 41 heavy (non-hydrogen) atoms. The Kier molecular flexibility index (Phi) is 6.49. The van der Waals surface area contributed by atoms with E-state index in [1.54, 1.807) is 30.6 Å². The molecule has 0 aliphatic heterocycles. The van der Waals surface area contributed by atoms with E-state index in [0.29, 0.717) is 23.1 Å². The van der Waals surface area contributed by atoms with Gasteiger partial charge in [0.2, 0.25) is 0 Å². The third-order valence-electron chi connectivity index (χ3n) is 8.06. The summed E-state index contributed by atoms with van der Waals surface area (Å²) in [5.74, 6) is -1.48. The van der Waals surface area contributed by atoms with E-state index >= 15 is 4.39 Å². The topological polar surface area (TPSA) is 85.1 Å². The number of furan rings is 1. The van der Waals surface area contributed by atoms with Gasteiger partial charge in [-0.2, -0.15) is 10.2 Å². The second-order valence-electron chi connectivity index (χ2n) is 10.7. The van der Waals surface area contributed by atoms with Gasteiger partial charge in [0.1, 0.15) is 23.0 Å². The first-order valence-electron chi connectivity index (χ1n) is 13.4. The number of Topliss-reactive ketones (excluding diaryl/α,β-unsaturated/α-hetero) is 1. The van der Waals surface area contributed by atoms with Crippen LogP contribution in [0.15, 0.2) is 71.4 Å². The van der Waals surface area contributed by atoms with Crippen molar-refractivity contribution in [3.63, 3.8) is 0 Å². The van der Waals surface area contributed by atoms with Crippen molar-refractivity contribution in [1.29, 1.82) is 0 Å². The highest BCUT2D eigenvalue weighted by molar-refractivity contribution is 6.12. The summed E-state index contributed by atoms with van der Waals surface area (Å²) in [4.78, 5) is 26.6. The number of nitrogens with zero attached hydrogens (tertiary/aromatic N) is 2. The number of aryl methyl sites for hydroxylation is 2. The number of hydrogen-bond acceptors (Lipinski definition) is 5. The Labute approximate surface area is 235 Å². The minimum Gasteiger partial charge on any atom is -0.455 e. The van der Waals surface area contributed by atoms with Gasteiger partial charge >= 0.3 is 0 Å². The Bertz CT molecular complexity index is 1830. The fourth-order valence-corrected chi connectivity index (χ4v) is 5.67. The second-order valence-corrected chi connectivity index (χ2v) is 10.7. The zero-order chi connectivity index (χ0) is 28.9. The molecule has 0 bridgehead atoms. The molecular formula is C33H27F2N3O3. The number of hydrogen-bond donors (Lipinski definition) is 1. The fraction of sp³-hybridized carbons (Fsp3) is 0.212. The first-order valence-corrected chi connectivity index (χ1v) is 13.4. The molecule has 1 N–H and O–H groups in total. The van der Waals surface area contributed by atoms with Gasteiger partial charge in [-0.15, -0.1) is 0 Å². The van der Waals surface area contributed by atoms with Crippen molar-refractivity contribution in [2.75, 3.05) is 7.05 Å². The smallest absolute Gasteiger partial charge is 0.255 e. The zero-order valence-electron chi connectivity index (χ0n) is 22.8. The van der Waals surface area contributed by atoms with Crippen molar-refractivity contribution >= 4 is 22.7 Å². The van der Waals surface area contributed by atoms with E-state index in [0.717, 1.165) is 29.5 Å². The van der Waals surface area contributed by atoms with Gasteiger partial charge in [-0.05, 0) is 97.5 Å². The number of nitrogens with one attached hydrogen (secondary N) is 1. The largest absolute Gasteiger partial charge is 0.455 e. The van der Waals surface area contributed by atoms with E-state index in [9.17, 15) is 14.0 Å². The lowest BCUT2D eigenvalue weighted by Crippen LogP contribution is -2.18. The van der Waals surface area contributed by atoms with Gasteiger partial charge in [0.25, 0.3) is 5.91 Å². The Hall–Kier alpha value is -4.72. The Morgan fingerprint density at radius 2 is 1.71 bits per heavy atom. The number of aromatic nitrogens is 2. The SMILES string of the molecule is CNC(=O)c1c(-c2ccc(F)cc2)oc2ccc(-c3cc(C(=O)CC4(c5ccnnc5)CC4)c(C)cc3C)c(F)c12. The van der Waals surface area contributed by atoms with Crippen LogP contribution in [-0.2, 0) is 5.41 Å². The molecule has 8 heteroatoms. The summed E-state index contributed by atoms with van der Waals surface area (Å²) in [5, 5.41) is 10.4. The van der Waals surface area contributed by atoms with Crippen LogP contribution in [0, 0.1) is 25.5 Å². The van der Waals surface area contributed by atoms with Gasteiger partial charge < -0.3 is 9.73 Å². The molecule has 0 saturated heterocycles. The van der Waals surface area contributed by atoms with Crippen LogP contribution in [0.5, 0.6) is 0 Å². The highest BCUT2D eigenvalue weighted by Crippen LogP contribution is 2.51. The van der Waals surface area contributed by atoms with Gasteiger partial charge in [0, 0.05) is 41.8 Å². The van der Waals surface area contributed by atoms with Crippen molar-refractivity contribution in [2.45, 2.75) is 38.5 Å². The summed E-state index contributed by atoms with van der Waals surface area (Å²) in [7, 11) is 1.45. The molecule has 0 spiro atoms. The highest BCUT2D eigenvalue weighted by Gasteiger charge is 2.46. The molecule has 0 atom stereocenters. The summed E-state index contributed by atoms with van der Waals surface area (Å²) in [5.41, 5.74) is 4.36. The summed E-state index contributed by atoms with van der Waals surface area (Å²) < 4.78 is 35.9. The molecule has 1 amide bonds. The van der Waals surface area contributed by atoms with Crippen molar-refractivity contribution in [1.82, 2.24) is 15.5 Å². The Morgan fingerprint density at radius 1 is 0.951 bits per heavy atom. The Morgan fingerprint density at radius 3 is 2.37 bits per heavy atom. The number of benzene rings is 3. The number of carbonyl (C=O) groups is 2. The standard InChI is InChI=1S/C33H27F2N3O3/c1-18-14-19(2)25(26(39)16-33(11-12-33)21-10-13-37-38-17-21)15-24(18)23-8-9-27-28(30(23)35)29(32(40)36-3)31(41-27)20-4-6-22(34)7-5-20/h4-10,13-15,17H,11-12,16H2,1-3H3,(H,36,40). The minimum atomic E-state index is -0.634. The molecule has 2 aromatic heterocycles. The van der Waals surface area contributed by atoms with E-state index in [4.69, 9.17) is 4.42 Å². The summed E-state index contributed by atoms with van der Waals surface area (Å²) in [6.45, 7) is 3.75. The van der Waals surface area contributed by atoms with E-state index < -0.39 is 17.5 Å². The number of halogens is 2. The van der Waals surface area contributed by atoms with Crippen molar-refractivity contribution in [2.24, 2.45) is 0 Å². The lowest BCUT2D eigenvalue weighted by Gasteiger charge is -2.17. The van der Waals surface area contributed by atoms with E-state index in [-0.39, 0.29) is 39.1 Å². The van der Waals surface area contributed by atoms with Crippen LogP contribution in [0.2, 0.25) is 0 Å². The third-order valence-corrected chi connectivity index (χ3v) is 8.06. The average molecular weight is 552 g/mol. The maximum Gasteiger partial charge on any atom is 0.255 e. The fourth-order valence-electron chi connectivity index (χ4n) is 5.67. The van der Waals surface area contributed by atoms with Crippen LogP contribution in [0.25, 0.3) is 33.4 Å². The predicted molar refractivity (Wildman–Crippen MR) is 152 cm³/mol. The highest BCUT2D eigenvalue weighted by atomic mass is 19.1. The van der Waals surface area contributed by atoms with E-state index in [2.05, 4.69) is 15.5 Å². The predicted octanol–water partition coefficient (Wildman–Crippen LogP) is 7.12. The van der Waals surface area contributed by atoms with Crippen LogP contribution >= 0.6 is 0 Å². The lowest BCUT2D eigenvalue weighted by molar-refractivity contribution is 0.0958. The van der Waals surface area contributed by atoms with E-state index in [1.807, 2.05) is 26.0 Å². The normalized spacial score (nSPS) is 13.8. The quantitative estimate of drug-likeness (QED) is 0.218. The van der Waals surface area contributed by atoms with E-state index in [1.165, 1.54) is 31.3 Å². The molecule has 5 aromatic rings. The monoisotopic (exact) mass is 551 g/mol. The first-order chi connectivity index (χ1) is 19.7. The van der Waals surface area contributed by atoms with Crippen molar-refractivity contribution in [3.8, 4) is 22.5 Å². The first kappa shape index (κ1) is 26.5. The maximum atomic E-state index is 16.4. The van der Waals surface area contributed by atoms with Gasteiger partial charge in [0.15, 0.2) is 5.78 Å². The molecule has 1 aliphatic rings. The summed E-state index contributed by atoms with van der Waals surface area (Å²) in [6.07, 6.45) is 5.47. The van der Waals surface area contributed by atoms with Gasteiger partial charge in [-0.25, -0.2) is 8.78 Å². The third kappa shape index (κ3) is 4.59. The van der Waals surface area contributed by atoms with Crippen LogP contribution in [0.1, 0.15) is 56.7 Å². The molecule has 206 valence electrons. The van der Waals surface area contributed by atoms with Gasteiger partial charge in [0.05, 0.1) is 17.1 Å². The molecule has 6 rings (SSSR count). The number of fused-ring (bicyclic) bond motifs is 1. The van der Waals surface area contributed by atoms with Gasteiger partial charge in [-0.1, -0.05) is 6.07 Å². The van der Waals surface area contributed by atoms with Crippen LogP contribution in [-0.4, -0.2) is 28.9 Å². The lowest BCUT2D eigenvalue weighted by atomic mass is 9.86. The maximum absolute atomic E-state index is 16.4. The average Bonchev–Trinajstić information content (AvgIpc) is 3.64. The molecule has 1 fully saturated rings. The number of rotatable bonds is 7. The van der Waals surface area contributed by atoms with Crippen LogP contribution < -0.4 is 5.32 Å². The molecule has 1 aliphatic carbocycles. The van der Waals surface area contributed by atoms with Crippen molar-refractivity contribution < 1.29 is 22.8 Å². The summed E-state index contributed by atoms with van der Waals surface area (Å²) in [6, 6.07) is 14.2. The van der Waals surface area contributed by atoms with Crippen LogP contribution in [0.3, 0.4) is 0 Å². The number of carbonyl (C=O) groups excluding carboxylic acids is 2. The molecular weight excluding hydrogens is 524 g/mol. The number of ketones is 1. The number of amides is 1. The minimum absolute atomic E-state index is 0.0208. The zero-order valence-corrected chi connectivity index (χ0v) is 22.8. The molecule has 0 unspecified atom stereocenters. The molecule has 3 aromatic carbocycles. The molecule has 2 heterocycles. The molecule has 6 nitrogen and oxygen atoms in total. The summed E-state index contributed by atoms with van der Waals surface area (Å²) >= 11 is 0. The molecule has 0 radical (unpaired) electrons.